The maximum Gasteiger partial charge on any atom is 0.344 e. The summed E-state index contributed by atoms with van der Waals surface area (Å²) < 4.78 is 23.4. The Morgan fingerprint density at radius 2 is 2.22 bits per heavy atom. The lowest BCUT2D eigenvalue weighted by Crippen LogP contribution is -2.16. The summed E-state index contributed by atoms with van der Waals surface area (Å²) in [5.41, 5.74) is 6.05. The summed E-state index contributed by atoms with van der Waals surface area (Å²) in [4.78, 5) is 11.2. The van der Waals surface area contributed by atoms with Crippen LogP contribution in [0.25, 0.3) is 0 Å². The first-order chi connectivity index (χ1) is 8.67. The Labute approximate surface area is 106 Å². The molecule has 0 saturated heterocycles. The van der Waals surface area contributed by atoms with Gasteiger partial charge >= 0.3 is 5.97 Å². The van der Waals surface area contributed by atoms with E-state index < -0.39 is 11.8 Å². The van der Waals surface area contributed by atoms with E-state index in [-0.39, 0.29) is 18.9 Å². The molecule has 5 heteroatoms. The Kier molecular flexibility index (Phi) is 6.14. The van der Waals surface area contributed by atoms with Gasteiger partial charge in [-0.25, -0.2) is 9.18 Å². The van der Waals surface area contributed by atoms with Crippen molar-refractivity contribution in [2.24, 2.45) is 5.73 Å². The number of hydrogen-bond donors (Lipinski definition) is 1. The first kappa shape index (κ1) is 14.4. The van der Waals surface area contributed by atoms with Gasteiger partial charge in [-0.1, -0.05) is 19.4 Å². The molecule has 100 valence electrons. The summed E-state index contributed by atoms with van der Waals surface area (Å²) in [5, 5.41) is 0. The predicted octanol–water partition coefficient (Wildman–Crippen LogP) is 2.01. The van der Waals surface area contributed by atoms with Gasteiger partial charge in [0.15, 0.2) is 18.2 Å². The number of hydrogen-bond acceptors (Lipinski definition) is 4. The molecule has 4 nitrogen and oxygen atoms in total. The quantitative estimate of drug-likeness (QED) is 0.598. The lowest BCUT2D eigenvalue weighted by molar-refractivity contribution is -0.146. The second-order valence-corrected chi connectivity index (χ2v) is 3.83. The smallest absolute Gasteiger partial charge is 0.344 e. The zero-order chi connectivity index (χ0) is 13.4. The highest BCUT2D eigenvalue weighted by Crippen LogP contribution is 2.18. The Balaban J connectivity index is 2.41. The van der Waals surface area contributed by atoms with Crippen molar-refractivity contribution in [3.8, 4) is 5.75 Å². The van der Waals surface area contributed by atoms with Crippen LogP contribution in [0, 0.1) is 5.82 Å². The standard InChI is InChI=1S/C13H18FNO3/c1-2-3-6-17-13(16)9-18-12-5-4-10(8-15)7-11(12)14/h4-5,7H,2-3,6,8-9,15H2,1H3. The zero-order valence-electron chi connectivity index (χ0n) is 10.4. The van der Waals surface area contributed by atoms with Crippen molar-refractivity contribution in [2.45, 2.75) is 26.3 Å². The van der Waals surface area contributed by atoms with Crippen LogP contribution in [-0.4, -0.2) is 19.2 Å². The third kappa shape index (κ3) is 4.71. The van der Waals surface area contributed by atoms with Gasteiger partial charge in [0.2, 0.25) is 0 Å². The summed E-state index contributed by atoms with van der Waals surface area (Å²) in [6, 6.07) is 4.40. The van der Waals surface area contributed by atoms with E-state index in [1.165, 1.54) is 12.1 Å². The third-order valence-electron chi connectivity index (χ3n) is 2.34. The number of carbonyl (C=O) groups excluding carboxylic acids is 1. The van der Waals surface area contributed by atoms with Gasteiger partial charge in [0, 0.05) is 6.54 Å². The second kappa shape index (κ2) is 7.66. The van der Waals surface area contributed by atoms with Gasteiger partial charge in [0.05, 0.1) is 6.61 Å². The minimum atomic E-state index is -0.528. The first-order valence-electron chi connectivity index (χ1n) is 5.94. The SMILES string of the molecule is CCCCOC(=O)COc1ccc(CN)cc1F. The molecule has 0 saturated carbocycles. The fraction of sp³-hybridized carbons (Fsp3) is 0.462. The number of unbranched alkanes of at least 4 members (excludes halogenated alkanes) is 1. The van der Waals surface area contributed by atoms with E-state index in [2.05, 4.69) is 0 Å². The van der Waals surface area contributed by atoms with Gasteiger partial charge < -0.3 is 15.2 Å². The molecule has 0 spiro atoms. The van der Waals surface area contributed by atoms with Crippen LogP contribution in [-0.2, 0) is 16.1 Å². The molecule has 0 heterocycles. The van der Waals surface area contributed by atoms with Crippen LogP contribution in [0.5, 0.6) is 5.75 Å². The Bertz CT molecular complexity index is 396. The zero-order valence-corrected chi connectivity index (χ0v) is 10.4. The predicted molar refractivity (Wildman–Crippen MR) is 65.7 cm³/mol. The van der Waals surface area contributed by atoms with E-state index in [9.17, 15) is 9.18 Å². The minimum absolute atomic E-state index is 0.0274. The van der Waals surface area contributed by atoms with Crippen molar-refractivity contribution in [3.63, 3.8) is 0 Å². The van der Waals surface area contributed by atoms with Crippen LogP contribution in [0.1, 0.15) is 25.3 Å². The highest BCUT2D eigenvalue weighted by molar-refractivity contribution is 5.71. The highest BCUT2D eigenvalue weighted by Gasteiger charge is 2.08. The van der Waals surface area contributed by atoms with Crippen molar-refractivity contribution < 1.29 is 18.7 Å². The first-order valence-corrected chi connectivity index (χ1v) is 5.94. The Morgan fingerprint density at radius 3 is 2.83 bits per heavy atom. The van der Waals surface area contributed by atoms with Crippen molar-refractivity contribution in [2.75, 3.05) is 13.2 Å². The molecule has 0 aromatic heterocycles. The lowest BCUT2D eigenvalue weighted by atomic mass is 10.2. The molecule has 1 rings (SSSR count). The lowest BCUT2D eigenvalue weighted by Gasteiger charge is -2.08. The highest BCUT2D eigenvalue weighted by atomic mass is 19.1. The largest absolute Gasteiger partial charge is 0.479 e. The fourth-order valence-corrected chi connectivity index (χ4v) is 1.30. The van der Waals surface area contributed by atoms with E-state index in [0.717, 1.165) is 12.8 Å². The van der Waals surface area contributed by atoms with Gasteiger partial charge in [-0.3, -0.25) is 0 Å². The van der Waals surface area contributed by atoms with Crippen LogP contribution in [0.2, 0.25) is 0 Å². The molecule has 0 atom stereocenters. The molecule has 2 N–H and O–H groups in total. The van der Waals surface area contributed by atoms with Gasteiger partial charge in [-0.2, -0.15) is 0 Å². The minimum Gasteiger partial charge on any atom is -0.479 e. The molecule has 0 aliphatic carbocycles. The fourth-order valence-electron chi connectivity index (χ4n) is 1.30. The van der Waals surface area contributed by atoms with Crippen LogP contribution in [0.15, 0.2) is 18.2 Å². The van der Waals surface area contributed by atoms with Crippen LogP contribution < -0.4 is 10.5 Å². The molecule has 0 unspecified atom stereocenters. The topological polar surface area (TPSA) is 61.5 Å². The van der Waals surface area contributed by atoms with E-state index in [4.69, 9.17) is 15.2 Å². The maximum atomic E-state index is 13.5. The normalized spacial score (nSPS) is 10.2. The molecule has 0 aliphatic rings. The molecular weight excluding hydrogens is 237 g/mol. The molecule has 1 aromatic rings. The summed E-state index contributed by atoms with van der Waals surface area (Å²) in [5.74, 6) is -0.996. The van der Waals surface area contributed by atoms with Gasteiger partial charge in [-0.05, 0) is 24.1 Å². The average molecular weight is 255 g/mol. The average Bonchev–Trinajstić information content (AvgIpc) is 2.37. The number of halogens is 1. The number of esters is 1. The monoisotopic (exact) mass is 255 g/mol. The summed E-state index contributed by atoms with van der Waals surface area (Å²) in [6.45, 7) is 2.34. The maximum absolute atomic E-state index is 13.5. The third-order valence-corrected chi connectivity index (χ3v) is 2.34. The van der Waals surface area contributed by atoms with Gasteiger partial charge in [-0.15, -0.1) is 0 Å². The van der Waals surface area contributed by atoms with Crippen molar-refractivity contribution in [1.29, 1.82) is 0 Å². The van der Waals surface area contributed by atoms with Gasteiger partial charge in [0.25, 0.3) is 0 Å². The van der Waals surface area contributed by atoms with Crippen molar-refractivity contribution >= 4 is 5.97 Å². The molecule has 0 aliphatic heterocycles. The van der Waals surface area contributed by atoms with Crippen molar-refractivity contribution in [1.82, 2.24) is 0 Å². The van der Waals surface area contributed by atoms with Crippen molar-refractivity contribution in [3.05, 3.63) is 29.6 Å². The summed E-state index contributed by atoms with van der Waals surface area (Å²) in [6.07, 6.45) is 1.76. The van der Waals surface area contributed by atoms with Crippen LogP contribution >= 0.6 is 0 Å². The molecule has 0 radical (unpaired) electrons. The Morgan fingerprint density at radius 1 is 1.44 bits per heavy atom. The summed E-state index contributed by atoms with van der Waals surface area (Å²) >= 11 is 0. The molecule has 0 fully saturated rings. The molecule has 1 aromatic carbocycles. The van der Waals surface area contributed by atoms with Gasteiger partial charge in [0.1, 0.15) is 0 Å². The molecule has 0 amide bonds. The van der Waals surface area contributed by atoms with Crippen LogP contribution in [0.3, 0.4) is 0 Å². The molecular formula is C13H18FNO3. The molecule has 18 heavy (non-hydrogen) atoms. The van der Waals surface area contributed by atoms with E-state index in [0.29, 0.717) is 12.2 Å². The number of ether oxygens (including phenoxy) is 2. The van der Waals surface area contributed by atoms with E-state index in [1.807, 2.05) is 6.92 Å². The van der Waals surface area contributed by atoms with Crippen LogP contribution in [0.4, 0.5) is 4.39 Å². The number of carbonyl (C=O) groups is 1. The number of nitrogens with two attached hydrogens (primary N) is 1. The Hall–Kier alpha value is -1.62. The summed E-state index contributed by atoms with van der Waals surface area (Å²) in [7, 11) is 0. The second-order valence-electron chi connectivity index (χ2n) is 3.83. The number of benzene rings is 1. The van der Waals surface area contributed by atoms with E-state index >= 15 is 0 Å². The number of rotatable bonds is 7. The molecule has 0 bridgehead atoms. The van der Waals surface area contributed by atoms with E-state index in [1.54, 1.807) is 6.07 Å².